The number of piperidine rings is 1. The molecule has 138 valence electrons. The van der Waals surface area contributed by atoms with Crippen molar-refractivity contribution in [1.29, 1.82) is 0 Å². The fourth-order valence-electron chi connectivity index (χ4n) is 3.19. The van der Waals surface area contributed by atoms with E-state index in [1.165, 1.54) is 0 Å². The van der Waals surface area contributed by atoms with Crippen LogP contribution in [0.1, 0.15) is 67.7 Å². The van der Waals surface area contributed by atoms with Gasteiger partial charge in [0.15, 0.2) is 0 Å². The number of ether oxygens (including phenoxy) is 1. The Morgan fingerprint density at radius 3 is 2.08 bits per heavy atom. The number of nitrogens with zero attached hydrogens (tertiary/aromatic N) is 1. The first-order chi connectivity index (χ1) is 10.9. The number of hydrogen-bond acceptors (Lipinski definition) is 4. The summed E-state index contributed by atoms with van der Waals surface area (Å²) in [5, 5.41) is 0. The quantitative estimate of drug-likeness (QED) is 0.726. The van der Waals surface area contributed by atoms with Crippen molar-refractivity contribution >= 4 is 13.2 Å². The van der Waals surface area contributed by atoms with Gasteiger partial charge in [-0.3, -0.25) is 0 Å². The second kappa shape index (κ2) is 6.87. The summed E-state index contributed by atoms with van der Waals surface area (Å²) in [6.07, 6.45) is 3.87. The molecule has 2 rings (SSSR count). The molecule has 2 aliphatic heterocycles. The third kappa shape index (κ3) is 4.88. The number of carbonyl (C=O) groups excluding carboxylic acids is 1. The first kappa shape index (κ1) is 19.6. The largest absolute Gasteiger partial charge is 0.457 e. The third-order valence-corrected chi connectivity index (χ3v) is 5.38. The standard InChI is InChI=1S/C18H34BNO4/c1-16(2,3)22-15(21)20-12-9-14(10-13-20)8-11-19-23-17(4,5)18(6,7)24-19/h14H,8-13H2,1-7H3. The van der Waals surface area contributed by atoms with Crippen LogP contribution < -0.4 is 0 Å². The number of amides is 1. The predicted molar refractivity (Wildman–Crippen MR) is 96.0 cm³/mol. The van der Waals surface area contributed by atoms with Crippen LogP contribution in [0.25, 0.3) is 0 Å². The highest BCUT2D eigenvalue weighted by Crippen LogP contribution is 2.38. The molecule has 0 radical (unpaired) electrons. The van der Waals surface area contributed by atoms with E-state index in [2.05, 4.69) is 27.7 Å². The van der Waals surface area contributed by atoms with Crippen molar-refractivity contribution < 1.29 is 18.8 Å². The summed E-state index contributed by atoms with van der Waals surface area (Å²) in [5.74, 6) is 0.628. The Morgan fingerprint density at radius 2 is 1.62 bits per heavy atom. The summed E-state index contributed by atoms with van der Waals surface area (Å²) >= 11 is 0. The Kier molecular flexibility index (Phi) is 5.60. The van der Waals surface area contributed by atoms with Crippen molar-refractivity contribution in [3.8, 4) is 0 Å². The first-order valence-corrected chi connectivity index (χ1v) is 9.23. The van der Waals surface area contributed by atoms with Gasteiger partial charge in [0.1, 0.15) is 5.60 Å². The number of carbonyl (C=O) groups is 1. The molecule has 0 N–H and O–H groups in total. The Balaban J connectivity index is 1.72. The predicted octanol–water partition coefficient (Wildman–Crippen LogP) is 4.12. The van der Waals surface area contributed by atoms with Gasteiger partial charge in [-0.25, -0.2) is 4.79 Å². The van der Waals surface area contributed by atoms with Gasteiger partial charge in [0.25, 0.3) is 0 Å². The maximum atomic E-state index is 12.1. The summed E-state index contributed by atoms with van der Waals surface area (Å²) in [4.78, 5) is 13.9. The first-order valence-electron chi connectivity index (χ1n) is 9.23. The van der Waals surface area contributed by atoms with Gasteiger partial charge in [-0.2, -0.15) is 0 Å². The molecule has 0 aromatic heterocycles. The van der Waals surface area contributed by atoms with Crippen LogP contribution in [-0.2, 0) is 14.0 Å². The van der Waals surface area contributed by atoms with Crippen LogP contribution in [0.2, 0.25) is 6.32 Å². The van der Waals surface area contributed by atoms with Crippen LogP contribution in [0.3, 0.4) is 0 Å². The second-order valence-corrected chi connectivity index (χ2v) is 9.17. The van der Waals surface area contributed by atoms with E-state index < -0.39 is 5.60 Å². The van der Waals surface area contributed by atoms with E-state index in [1.807, 2.05) is 25.7 Å². The molecule has 0 aromatic carbocycles. The monoisotopic (exact) mass is 339 g/mol. The minimum Gasteiger partial charge on any atom is -0.444 e. The molecule has 2 saturated heterocycles. The van der Waals surface area contributed by atoms with E-state index in [0.29, 0.717) is 5.92 Å². The summed E-state index contributed by atoms with van der Waals surface area (Å²) in [5.41, 5.74) is -0.930. The molecular weight excluding hydrogens is 305 g/mol. The van der Waals surface area contributed by atoms with E-state index >= 15 is 0 Å². The van der Waals surface area contributed by atoms with Crippen LogP contribution in [0.15, 0.2) is 0 Å². The molecule has 0 bridgehead atoms. The molecule has 0 saturated carbocycles. The topological polar surface area (TPSA) is 48.0 Å². The lowest BCUT2D eigenvalue weighted by atomic mass is 9.78. The fraction of sp³-hybridized carbons (Fsp3) is 0.944. The molecule has 0 aromatic rings. The van der Waals surface area contributed by atoms with Crippen molar-refractivity contribution in [2.75, 3.05) is 13.1 Å². The Labute approximate surface area is 147 Å². The van der Waals surface area contributed by atoms with E-state index in [4.69, 9.17) is 14.0 Å². The van der Waals surface area contributed by atoms with Crippen LogP contribution in [0.5, 0.6) is 0 Å². The van der Waals surface area contributed by atoms with E-state index in [0.717, 1.165) is 38.7 Å². The number of rotatable bonds is 3. The van der Waals surface area contributed by atoms with Gasteiger partial charge in [0.2, 0.25) is 0 Å². The lowest BCUT2D eigenvalue weighted by molar-refractivity contribution is 0.00578. The van der Waals surface area contributed by atoms with E-state index in [-0.39, 0.29) is 24.4 Å². The van der Waals surface area contributed by atoms with Gasteiger partial charge >= 0.3 is 13.2 Å². The van der Waals surface area contributed by atoms with Gasteiger partial charge in [-0.05, 0) is 73.5 Å². The summed E-state index contributed by atoms with van der Waals surface area (Å²) in [7, 11) is -0.112. The normalized spacial score (nSPS) is 24.3. The van der Waals surface area contributed by atoms with Crippen LogP contribution >= 0.6 is 0 Å². The van der Waals surface area contributed by atoms with Gasteiger partial charge in [-0.1, -0.05) is 6.42 Å². The highest BCUT2D eigenvalue weighted by molar-refractivity contribution is 6.45. The lowest BCUT2D eigenvalue weighted by Crippen LogP contribution is -2.41. The van der Waals surface area contributed by atoms with Gasteiger partial charge < -0.3 is 18.9 Å². The maximum Gasteiger partial charge on any atom is 0.457 e. The molecule has 5 nitrogen and oxygen atoms in total. The molecule has 0 atom stereocenters. The van der Waals surface area contributed by atoms with Crippen molar-refractivity contribution in [3.05, 3.63) is 0 Å². The van der Waals surface area contributed by atoms with Gasteiger partial charge in [0, 0.05) is 13.1 Å². The summed E-state index contributed by atoms with van der Waals surface area (Å²) in [6.45, 7) is 15.6. The Hall–Kier alpha value is -0.745. The highest BCUT2D eigenvalue weighted by Gasteiger charge is 2.50. The molecule has 2 heterocycles. The van der Waals surface area contributed by atoms with Crippen LogP contribution in [0.4, 0.5) is 4.79 Å². The molecular formula is C18H34BNO4. The zero-order valence-electron chi connectivity index (χ0n) is 16.5. The molecule has 6 heteroatoms. The zero-order valence-corrected chi connectivity index (χ0v) is 16.5. The third-order valence-electron chi connectivity index (χ3n) is 5.38. The van der Waals surface area contributed by atoms with Crippen LogP contribution in [-0.4, -0.2) is 48.0 Å². The van der Waals surface area contributed by atoms with Gasteiger partial charge in [0.05, 0.1) is 11.2 Å². The van der Waals surface area contributed by atoms with E-state index in [1.54, 1.807) is 0 Å². The average Bonchev–Trinajstić information content (AvgIpc) is 2.63. The molecule has 0 aliphatic carbocycles. The van der Waals surface area contributed by atoms with Crippen molar-refractivity contribution in [1.82, 2.24) is 4.90 Å². The minimum absolute atomic E-state index is 0.112. The second-order valence-electron chi connectivity index (χ2n) is 9.17. The van der Waals surface area contributed by atoms with Gasteiger partial charge in [-0.15, -0.1) is 0 Å². The number of likely N-dealkylation sites (tertiary alicyclic amines) is 1. The Morgan fingerprint density at radius 1 is 1.12 bits per heavy atom. The average molecular weight is 339 g/mol. The maximum absolute atomic E-state index is 12.1. The SMILES string of the molecule is CC(C)(C)OC(=O)N1CCC(CCB2OC(C)(C)C(C)(C)O2)CC1. The highest BCUT2D eigenvalue weighted by atomic mass is 16.7. The zero-order chi connectivity index (χ0) is 18.2. The minimum atomic E-state index is -0.426. The summed E-state index contributed by atoms with van der Waals surface area (Å²) in [6, 6.07) is 0. The van der Waals surface area contributed by atoms with Crippen LogP contribution in [0, 0.1) is 5.92 Å². The molecule has 2 aliphatic rings. The molecule has 2 fully saturated rings. The molecule has 0 unspecified atom stereocenters. The fourth-order valence-corrected chi connectivity index (χ4v) is 3.19. The smallest absolute Gasteiger partial charge is 0.444 e. The Bertz CT molecular complexity index is 434. The van der Waals surface area contributed by atoms with Crippen molar-refractivity contribution in [2.45, 2.75) is 90.9 Å². The van der Waals surface area contributed by atoms with E-state index in [9.17, 15) is 4.79 Å². The van der Waals surface area contributed by atoms with Crippen molar-refractivity contribution in [3.63, 3.8) is 0 Å². The molecule has 0 spiro atoms. The molecule has 1 amide bonds. The number of hydrogen-bond donors (Lipinski definition) is 0. The summed E-state index contributed by atoms with van der Waals surface area (Å²) < 4.78 is 17.6. The molecule has 24 heavy (non-hydrogen) atoms. The van der Waals surface area contributed by atoms with Crippen molar-refractivity contribution in [2.24, 2.45) is 5.92 Å². The lowest BCUT2D eigenvalue weighted by Gasteiger charge is -2.33.